The van der Waals surface area contributed by atoms with Crippen molar-refractivity contribution in [2.45, 2.75) is 38.6 Å². The summed E-state index contributed by atoms with van der Waals surface area (Å²) in [5.74, 6) is 0.790. The Morgan fingerprint density at radius 3 is 2.89 bits per heavy atom. The van der Waals surface area contributed by atoms with Gasteiger partial charge < -0.3 is 15.1 Å². The summed E-state index contributed by atoms with van der Waals surface area (Å²) < 4.78 is 4.97. The Morgan fingerprint density at radius 2 is 2.26 bits per heavy atom. The fourth-order valence-corrected chi connectivity index (χ4v) is 1.99. The van der Waals surface area contributed by atoms with Crippen LogP contribution < -0.4 is 10.6 Å². The maximum Gasteiger partial charge on any atom is 0.286 e. The van der Waals surface area contributed by atoms with Crippen molar-refractivity contribution in [1.29, 1.82) is 0 Å². The molecule has 0 aliphatic heterocycles. The van der Waals surface area contributed by atoms with Crippen LogP contribution in [-0.4, -0.2) is 24.4 Å². The molecule has 0 aromatic carbocycles. The Kier molecular flexibility index (Phi) is 4.60. The highest BCUT2D eigenvalue weighted by Gasteiger charge is 2.28. The first-order valence-corrected chi connectivity index (χ1v) is 6.78. The highest BCUT2D eigenvalue weighted by atomic mass is 16.3. The standard InChI is InChI=1S/C14H20N2O3/c1-10(11-6-7-11)16-13(17)5-2-8-15-14(18)12-4-3-9-19-12/h3-4,9-11H,2,5-8H2,1H3,(H,15,18)(H,16,17). The number of nitrogens with one attached hydrogen (secondary N) is 2. The minimum Gasteiger partial charge on any atom is -0.459 e. The fraction of sp³-hybridized carbons (Fsp3) is 0.571. The first-order valence-electron chi connectivity index (χ1n) is 6.78. The predicted octanol–water partition coefficient (Wildman–Crippen LogP) is 1.70. The van der Waals surface area contributed by atoms with Crippen molar-refractivity contribution in [3.63, 3.8) is 0 Å². The summed E-state index contributed by atoms with van der Waals surface area (Å²) in [6.07, 6.45) is 4.98. The van der Waals surface area contributed by atoms with Crippen LogP contribution >= 0.6 is 0 Å². The summed E-state index contributed by atoms with van der Waals surface area (Å²) in [6, 6.07) is 3.56. The van der Waals surface area contributed by atoms with Crippen LogP contribution in [0.1, 0.15) is 43.2 Å². The van der Waals surface area contributed by atoms with Gasteiger partial charge in [-0.1, -0.05) is 0 Å². The molecule has 5 heteroatoms. The minimum absolute atomic E-state index is 0.0617. The van der Waals surface area contributed by atoms with Gasteiger partial charge >= 0.3 is 0 Å². The van der Waals surface area contributed by atoms with Gasteiger partial charge in [0.2, 0.25) is 5.91 Å². The molecule has 1 aliphatic rings. The van der Waals surface area contributed by atoms with Crippen LogP contribution in [0.25, 0.3) is 0 Å². The van der Waals surface area contributed by atoms with Crippen LogP contribution in [0.15, 0.2) is 22.8 Å². The van der Waals surface area contributed by atoms with Crippen molar-refractivity contribution in [2.75, 3.05) is 6.54 Å². The van der Waals surface area contributed by atoms with Crippen LogP contribution in [0, 0.1) is 5.92 Å². The molecule has 104 valence electrons. The highest BCUT2D eigenvalue weighted by Crippen LogP contribution is 2.32. The molecule has 1 atom stereocenters. The van der Waals surface area contributed by atoms with Crippen molar-refractivity contribution in [3.8, 4) is 0 Å². The Labute approximate surface area is 112 Å². The zero-order valence-corrected chi connectivity index (χ0v) is 11.1. The average molecular weight is 264 g/mol. The van der Waals surface area contributed by atoms with Crippen molar-refractivity contribution in [2.24, 2.45) is 5.92 Å². The monoisotopic (exact) mass is 264 g/mol. The first-order chi connectivity index (χ1) is 9.16. The second-order valence-corrected chi connectivity index (χ2v) is 5.03. The van der Waals surface area contributed by atoms with E-state index >= 15 is 0 Å². The van der Waals surface area contributed by atoms with E-state index in [1.165, 1.54) is 19.1 Å². The molecule has 1 aromatic heterocycles. The lowest BCUT2D eigenvalue weighted by Crippen LogP contribution is -2.34. The number of furan rings is 1. The molecule has 1 saturated carbocycles. The van der Waals surface area contributed by atoms with Gasteiger partial charge in [0.15, 0.2) is 5.76 Å². The summed E-state index contributed by atoms with van der Waals surface area (Å²) in [5, 5.41) is 5.70. The molecule has 1 fully saturated rings. The third-order valence-electron chi connectivity index (χ3n) is 3.33. The largest absolute Gasteiger partial charge is 0.459 e. The molecule has 1 aliphatic carbocycles. The van der Waals surface area contributed by atoms with Gasteiger partial charge in [-0.2, -0.15) is 0 Å². The van der Waals surface area contributed by atoms with Crippen LogP contribution in [-0.2, 0) is 4.79 Å². The normalized spacial score (nSPS) is 15.8. The maximum atomic E-state index is 11.6. The Balaban J connectivity index is 1.56. The number of rotatable bonds is 7. The quantitative estimate of drug-likeness (QED) is 0.736. The lowest BCUT2D eigenvalue weighted by molar-refractivity contribution is -0.121. The number of amides is 2. The van der Waals surface area contributed by atoms with E-state index in [1.54, 1.807) is 12.1 Å². The summed E-state index contributed by atoms with van der Waals surface area (Å²) in [4.78, 5) is 23.1. The zero-order valence-electron chi connectivity index (χ0n) is 11.1. The van der Waals surface area contributed by atoms with E-state index in [4.69, 9.17) is 4.42 Å². The summed E-state index contributed by atoms with van der Waals surface area (Å²) >= 11 is 0. The van der Waals surface area contributed by atoms with E-state index in [0.717, 1.165) is 0 Å². The lowest BCUT2D eigenvalue weighted by Gasteiger charge is -2.12. The van der Waals surface area contributed by atoms with Crippen molar-refractivity contribution < 1.29 is 14.0 Å². The van der Waals surface area contributed by atoms with E-state index in [1.807, 2.05) is 6.92 Å². The number of hydrogen-bond acceptors (Lipinski definition) is 3. The SMILES string of the molecule is CC(NC(=O)CCCNC(=O)c1ccco1)C1CC1. The average Bonchev–Trinajstić information content (AvgIpc) is 3.10. The topological polar surface area (TPSA) is 71.3 Å². The van der Waals surface area contributed by atoms with Gasteiger partial charge in [-0.15, -0.1) is 0 Å². The Hall–Kier alpha value is -1.78. The van der Waals surface area contributed by atoms with E-state index in [9.17, 15) is 9.59 Å². The van der Waals surface area contributed by atoms with Gasteiger partial charge in [0.25, 0.3) is 5.91 Å². The van der Waals surface area contributed by atoms with E-state index < -0.39 is 0 Å². The molecule has 0 spiro atoms. The van der Waals surface area contributed by atoms with Gasteiger partial charge in [0, 0.05) is 19.0 Å². The second-order valence-electron chi connectivity index (χ2n) is 5.03. The molecule has 19 heavy (non-hydrogen) atoms. The Morgan fingerprint density at radius 1 is 1.47 bits per heavy atom. The molecule has 5 nitrogen and oxygen atoms in total. The van der Waals surface area contributed by atoms with E-state index in [0.29, 0.717) is 31.1 Å². The number of carbonyl (C=O) groups is 2. The third kappa shape index (κ3) is 4.43. The molecule has 2 N–H and O–H groups in total. The lowest BCUT2D eigenvalue weighted by atomic mass is 10.2. The highest BCUT2D eigenvalue weighted by molar-refractivity contribution is 5.91. The molecule has 0 radical (unpaired) electrons. The van der Waals surface area contributed by atoms with Crippen LogP contribution in [0.4, 0.5) is 0 Å². The zero-order chi connectivity index (χ0) is 13.7. The molecule has 0 bridgehead atoms. The summed E-state index contributed by atoms with van der Waals surface area (Å²) in [6.45, 7) is 2.53. The molecule has 1 aromatic rings. The minimum atomic E-state index is -0.239. The smallest absolute Gasteiger partial charge is 0.286 e. The third-order valence-corrected chi connectivity index (χ3v) is 3.33. The molecule has 2 rings (SSSR count). The predicted molar refractivity (Wildman–Crippen MR) is 70.6 cm³/mol. The van der Waals surface area contributed by atoms with Gasteiger partial charge in [0.1, 0.15) is 0 Å². The number of carbonyl (C=O) groups excluding carboxylic acids is 2. The fourth-order valence-electron chi connectivity index (χ4n) is 1.99. The van der Waals surface area contributed by atoms with Gasteiger partial charge in [0.05, 0.1) is 6.26 Å². The Bertz CT molecular complexity index is 424. The van der Waals surface area contributed by atoms with Crippen molar-refractivity contribution in [1.82, 2.24) is 10.6 Å². The van der Waals surface area contributed by atoms with Gasteiger partial charge in [-0.05, 0) is 44.2 Å². The molecule has 1 heterocycles. The second kappa shape index (κ2) is 6.41. The summed E-state index contributed by atoms with van der Waals surface area (Å²) in [7, 11) is 0. The molecular formula is C14H20N2O3. The van der Waals surface area contributed by atoms with Crippen LogP contribution in [0.3, 0.4) is 0 Å². The van der Waals surface area contributed by atoms with Crippen LogP contribution in [0.5, 0.6) is 0 Å². The van der Waals surface area contributed by atoms with Gasteiger partial charge in [-0.25, -0.2) is 0 Å². The summed E-state index contributed by atoms with van der Waals surface area (Å²) in [5.41, 5.74) is 0. The molecular weight excluding hydrogens is 244 g/mol. The molecule has 2 amide bonds. The molecule has 0 saturated heterocycles. The molecule has 1 unspecified atom stereocenters. The van der Waals surface area contributed by atoms with Crippen molar-refractivity contribution in [3.05, 3.63) is 24.2 Å². The van der Waals surface area contributed by atoms with Crippen molar-refractivity contribution >= 4 is 11.8 Å². The maximum absolute atomic E-state index is 11.6. The number of hydrogen-bond donors (Lipinski definition) is 2. The van der Waals surface area contributed by atoms with E-state index in [-0.39, 0.29) is 17.9 Å². The first kappa shape index (κ1) is 13.6. The van der Waals surface area contributed by atoms with E-state index in [2.05, 4.69) is 10.6 Å². The van der Waals surface area contributed by atoms with Crippen LogP contribution in [0.2, 0.25) is 0 Å². The van der Waals surface area contributed by atoms with Gasteiger partial charge in [-0.3, -0.25) is 9.59 Å².